The number of hydrogen-bond donors (Lipinski definition) is 2. The van der Waals surface area contributed by atoms with E-state index in [9.17, 15) is 9.59 Å². The lowest BCUT2D eigenvalue weighted by atomic mass is 9.84. The molecular formula is C20H24N2O3S. The van der Waals surface area contributed by atoms with Crippen LogP contribution in [0, 0.1) is 0 Å². The van der Waals surface area contributed by atoms with Gasteiger partial charge in [0.15, 0.2) is 0 Å². The lowest BCUT2D eigenvalue weighted by Crippen LogP contribution is -2.43. The van der Waals surface area contributed by atoms with E-state index in [-0.39, 0.29) is 23.8 Å². The van der Waals surface area contributed by atoms with E-state index >= 15 is 0 Å². The Bertz CT molecular complexity index is 752. The zero-order valence-electron chi connectivity index (χ0n) is 14.9. The summed E-state index contributed by atoms with van der Waals surface area (Å²) in [5.41, 5.74) is 0.477. The van der Waals surface area contributed by atoms with E-state index in [2.05, 4.69) is 28.1 Å². The first-order valence-electron chi connectivity index (χ1n) is 8.86. The van der Waals surface area contributed by atoms with Crippen molar-refractivity contribution in [1.82, 2.24) is 10.6 Å². The number of benzene rings is 1. The molecule has 0 radical (unpaired) electrons. The first-order valence-corrected chi connectivity index (χ1v) is 9.74. The SMILES string of the molecule is COc1ccccc1C(=O)NCC(=O)NCC1(c2cccs2)CCCC1. The van der Waals surface area contributed by atoms with E-state index < -0.39 is 0 Å². The Morgan fingerprint density at radius 2 is 1.88 bits per heavy atom. The fraction of sp³-hybridized carbons (Fsp3) is 0.400. The molecule has 0 saturated heterocycles. The van der Waals surface area contributed by atoms with Crippen molar-refractivity contribution in [3.05, 3.63) is 52.2 Å². The topological polar surface area (TPSA) is 67.4 Å². The number of methoxy groups -OCH3 is 1. The quantitative estimate of drug-likeness (QED) is 0.785. The minimum atomic E-state index is -0.313. The highest BCUT2D eigenvalue weighted by molar-refractivity contribution is 7.10. The van der Waals surface area contributed by atoms with Crippen molar-refractivity contribution < 1.29 is 14.3 Å². The summed E-state index contributed by atoms with van der Waals surface area (Å²) in [6, 6.07) is 11.2. The average Bonchev–Trinajstić information content (AvgIpc) is 3.36. The van der Waals surface area contributed by atoms with Gasteiger partial charge in [-0.15, -0.1) is 11.3 Å². The number of rotatable bonds is 7. The molecule has 0 bridgehead atoms. The highest BCUT2D eigenvalue weighted by Crippen LogP contribution is 2.42. The smallest absolute Gasteiger partial charge is 0.255 e. The molecular weight excluding hydrogens is 348 g/mol. The van der Waals surface area contributed by atoms with E-state index in [0.29, 0.717) is 17.9 Å². The standard InChI is InChI=1S/C20H24N2O3S/c1-25-16-8-3-2-7-15(16)19(24)21-13-18(23)22-14-20(10-4-5-11-20)17-9-6-12-26-17/h2-3,6-9,12H,4-5,10-11,13-14H2,1H3,(H,21,24)(H,22,23). The molecule has 6 heteroatoms. The summed E-state index contributed by atoms with van der Waals surface area (Å²) in [4.78, 5) is 25.9. The number of hydrogen-bond acceptors (Lipinski definition) is 4. The highest BCUT2D eigenvalue weighted by atomic mass is 32.1. The van der Waals surface area contributed by atoms with Crippen LogP contribution in [-0.2, 0) is 10.2 Å². The van der Waals surface area contributed by atoms with E-state index in [1.54, 1.807) is 35.6 Å². The second-order valence-electron chi connectivity index (χ2n) is 6.62. The summed E-state index contributed by atoms with van der Waals surface area (Å²) < 4.78 is 5.18. The Kier molecular flexibility index (Phi) is 5.93. The van der Waals surface area contributed by atoms with Crippen LogP contribution in [0.2, 0.25) is 0 Å². The van der Waals surface area contributed by atoms with Gasteiger partial charge >= 0.3 is 0 Å². The van der Waals surface area contributed by atoms with Gasteiger partial charge in [-0.25, -0.2) is 0 Å². The maximum Gasteiger partial charge on any atom is 0.255 e. The average molecular weight is 372 g/mol. The van der Waals surface area contributed by atoms with Crippen LogP contribution in [0.4, 0.5) is 0 Å². The normalized spacial score (nSPS) is 15.4. The molecule has 0 spiro atoms. The second kappa shape index (κ2) is 8.36. The van der Waals surface area contributed by atoms with Gasteiger partial charge in [-0.05, 0) is 36.4 Å². The van der Waals surface area contributed by atoms with Gasteiger partial charge in [0.2, 0.25) is 5.91 Å². The van der Waals surface area contributed by atoms with E-state index in [0.717, 1.165) is 12.8 Å². The minimum Gasteiger partial charge on any atom is -0.496 e. The van der Waals surface area contributed by atoms with Crippen LogP contribution in [0.25, 0.3) is 0 Å². The number of thiophene rings is 1. The van der Waals surface area contributed by atoms with Crippen LogP contribution in [0.1, 0.15) is 40.9 Å². The minimum absolute atomic E-state index is 0.0442. The summed E-state index contributed by atoms with van der Waals surface area (Å²) in [6.07, 6.45) is 4.58. The largest absolute Gasteiger partial charge is 0.496 e. The third kappa shape index (κ3) is 4.07. The molecule has 3 rings (SSSR count). The molecule has 1 aliphatic carbocycles. The predicted molar refractivity (Wildman–Crippen MR) is 103 cm³/mol. The van der Waals surface area contributed by atoms with Crippen molar-refractivity contribution in [2.45, 2.75) is 31.1 Å². The molecule has 2 N–H and O–H groups in total. The summed E-state index contributed by atoms with van der Waals surface area (Å²) in [7, 11) is 1.52. The summed E-state index contributed by atoms with van der Waals surface area (Å²) in [6.45, 7) is 0.578. The van der Waals surface area contributed by atoms with Gasteiger partial charge in [-0.3, -0.25) is 9.59 Å². The lowest BCUT2D eigenvalue weighted by molar-refractivity contribution is -0.120. The predicted octanol–water partition coefficient (Wildman–Crippen LogP) is 3.11. The van der Waals surface area contributed by atoms with Gasteiger partial charge in [0.05, 0.1) is 19.2 Å². The van der Waals surface area contributed by atoms with Crippen molar-refractivity contribution in [3.63, 3.8) is 0 Å². The lowest BCUT2D eigenvalue weighted by Gasteiger charge is -2.28. The molecule has 26 heavy (non-hydrogen) atoms. The Hall–Kier alpha value is -2.34. The zero-order valence-corrected chi connectivity index (χ0v) is 15.7. The fourth-order valence-corrected chi connectivity index (χ4v) is 4.55. The summed E-state index contributed by atoms with van der Waals surface area (Å²) in [5, 5.41) is 7.77. The van der Waals surface area contributed by atoms with Gasteiger partial charge < -0.3 is 15.4 Å². The summed E-state index contributed by atoms with van der Waals surface area (Å²) in [5.74, 6) is 0.00975. The van der Waals surface area contributed by atoms with Crippen molar-refractivity contribution in [2.24, 2.45) is 0 Å². The van der Waals surface area contributed by atoms with Gasteiger partial charge in [0.1, 0.15) is 5.75 Å². The number of amides is 2. The third-order valence-corrected chi connectivity index (χ3v) is 6.11. The Labute approximate surface area is 157 Å². The van der Waals surface area contributed by atoms with E-state index in [4.69, 9.17) is 4.74 Å². The molecule has 1 aliphatic rings. The molecule has 1 aromatic heterocycles. The first kappa shape index (κ1) is 18.5. The molecule has 5 nitrogen and oxygen atoms in total. The second-order valence-corrected chi connectivity index (χ2v) is 7.57. The molecule has 1 heterocycles. The number of ether oxygens (including phenoxy) is 1. The number of para-hydroxylation sites is 1. The van der Waals surface area contributed by atoms with Crippen molar-refractivity contribution in [2.75, 3.05) is 20.2 Å². The van der Waals surface area contributed by atoms with Crippen LogP contribution < -0.4 is 15.4 Å². The molecule has 1 fully saturated rings. The van der Waals surface area contributed by atoms with Gasteiger partial charge in [0, 0.05) is 16.8 Å². The number of carbonyl (C=O) groups is 2. The van der Waals surface area contributed by atoms with Crippen LogP contribution in [0.15, 0.2) is 41.8 Å². The van der Waals surface area contributed by atoms with Crippen LogP contribution in [-0.4, -0.2) is 32.0 Å². The molecule has 2 aromatic rings. The van der Waals surface area contributed by atoms with Crippen LogP contribution in [0.5, 0.6) is 5.75 Å². The van der Waals surface area contributed by atoms with Gasteiger partial charge in [-0.1, -0.05) is 31.0 Å². The maximum absolute atomic E-state index is 12.3. The third-order valence-electron chi connectivity index (χ3n) is 4.99. The van der Waals surface area contributed by atoms with Gasteiger partial charge in [-0.2, -0.15) is 0 Å². The fourth-order valence-electron chi connectivity index (χ4n) is 3.56. The molecule has 1 saturated carbocycles. The Morgan fingerprint density at radius 1 is 1.12 bits per heavy atom. The Morgan fingerprint density at radius 3 is 2.58 bits per heavy atom. The van der Waals surface area contributed by atoms with Crippen molar-refractivity contribution in [3.8, 4) is 5.75 Å². The highest BCUT2D eigenvalue weighted by Gasteiger charge is 2.36. The molecule has 0 aliphatic heterocycles. The maximum atomic E-state index is 12.3. The summed E-state index contributed by atoms with van der Waals surface area (Å²) >= 11 is 1.76. The number of nitrogens with one attached hydrogen (secondary N) is 2. The van der Waals surface area contributed by atoms with E-state index in [1.807, 2.05) is 0 Å². The van der Waals surface area contributed by atoms with E-state index in [1.165, 1.54) is 24.8 Å². The first-order chi connectivity index (χ1) is 12.6. The monoisotopic (exact) mass is 372 g/mol. The Balaban J connectivity index is 1.53. The molecule has 138 valence electrons. The molecule has 0 atom stereocenters. The van der Waals surface area contributed by atoms with Crippen LogP contribution >= 0.6 is 11.3 Å². The van der Waals surface area contributed by atoms with Crippen molar-refractivity contribution in [1.29, 1.82) is 0 Å². The van der Waals surface area contributed by atoms with Crippen LogP contribution in [0.3, 0.4) is 0 Å². The number of carbonyl (C=O) groups excluding carboxylic acids is 2. The molecule has 2 amide bonds. The molecule has 0 unspecified atom stereocenters. The zero-order chi connectivity index (χ0) is 18.4. The molecule has 1 aromatic carbocycles. The van der Waals surface area contributed by atoms with Crippen molar-refractivity contribution >= 4 is 23.2 Å². The van der Waals surface area contributed by atoms with Gasteiger partial charge in [0.25, 0.3) is 5.91 Å².